The number of rotatable bonds is 1. The maximum atomic E-state index is 14.3. The van der Waals surface area contributed by atoms with Gasteiger partial charge >= 0.3 is 0 Å². The summed E-state index contributed by atoms with van der Waals surface area (Å²) in [6.45, 7) is 1.74. The first-order valence-electron chi connectivity index (χ1n) is 7.60. The Bertz CT molecular complexity index is 494. The third-order valence-electron chi connectivity index (χ3n) is 5.39. The molecule has 1 aromatic rings. The van der Waals surface area contributed by atoms with Crippen LogP contribution in [0.4, 0.5) is 8.78 Å². The van der Waals surface area contributed by atoms with Crippen molar-refractivity contribution < 1.29 is 13.9 Å². The van der Waals surface area contributed by atoms with Gasteiger partial charge in [0.25, 0.3) is 0 Å². The van der Waals surface area contributed by atoms with E-state index in [2.05, 4.69) is 0 Å². The Hall–Kier alpha value is -0.960. The standard InChI is InChI=1S/C17H22F2O/c1-11-8-12(4-5-14(11)18)13-9-15(19)16(20)17(10-13)6-2-3-7-17/h4-5,8,13,15-16,20H,2-3,6-7,9-10H2,1H3. The molecule has 2 fully saturated rings. The lowest BCUT2D eigenvalue weighted by atomic mass is 9.64. The number of hydrogen-bond donors (Lipinski definition) is 1. The molecule has 2 aliphatic rings. The van der Waals surface area contributed by atoms with Gasteiger partial charge < -0.3 is 5.11 Å². The maximum absolute atomic E-state index is 14.3. The predicted octanol–water partition coefficient (Wildman–Crippen LogP) is 4.27. The fourth-order valence-electron chi connectivity index (χ4n) is 4.23. The second-order valence-electron chi connectivity index (χ2n) is 6.68. The second-order valence-corrected chi connectivity index (χ2v) is 6.68. The molecular weight excluding hydrogens is 258 g/mol. The van der Waals surface area contributed by atoms with Crippen molar-refractivity contribution in [2.24, 2.45) is 5.41 Å². The smallest absolute Gasteiger partial charge is 0.127 e. The predicted molar refractivity (Wildman–Crippen MR) is 74.9 cm³/mol. The first kappa shape index (κ1) is 14.0. The van der Waals surface area contributed by atoms with Gasteiger partial charge in [-0.1, -0.05) is 25.0 Å². The molecule has 20 heavy (non-hydrogen) atoms. The van der Waals surface area contributed by atoms with Crippen LogP contribution in [0.2, 0.25) is 0 Å². The summed E-state index contributed by atoms with van der Waals surface area (Å²) < 4.78 is 27.7. The summed E-state index contributed by atoms with van der Waals surface area (Å²) in [6.07, 6.45) is 3.22. The lowest BCUT2D eigenvalue weighted by molar-refractivity contribution is -0.0684. The normalized spacial score (nSPS) is 32.7. The molecule has 1 nitrogen and oxygen atoms in total. The van der Waals surface area contributed by atoms with E-state index in [4.69, 9.17) is 0 Å². The van der Waals surface area contributed by atoms with Gasteiger partial charge in [0.1, 0.15) is 12.0 Å². The van der Waals surface area contributed by atoms with E-state index in [9.17, 15) is 13.9 Å². The fraction of sp³-hybridized carbons (Fsp3) is 0.647. The number of aliphatic hydroxyl groups is 1. The van der Waals surface area contributed by atoms with Crippen LogP contribution in [-0.4, -0.2) is 17.4 Å². The third-order valence-corrected chi connectivity index (χ3v) is 5.39. The minimum Gasteiger partial charge on any atom is -0.390 e. The molecule has 0 bridgehead atoms. The Morgan fingerprint density at radius 1 is 1.25 bits per heavy atom. The van der Waals surface area contributed by atoms with Crippen LogP contribution in [-0.2, 0) is 0 Å². The molecule has 110 valence electrons. The van der Waals surface area contributed by atoms with E-state index in [-0.39, 0.29) is 17.2 Å². The molecule has 3 atom stereocenters. The number of aliphatic hydroxyl groups excluding tert-OH is 1. The molecule has 1 N–H and O–H groups in total. The largest absolute Gasteiger partial charge is 0.390 e. The molecule has 0 aromatic heterocycles. The van der Waals surface area contributed by atoms with Crippen molar-refractivity contribution in [3.63, 3.8) is 0 Å². The van der Waals surface area contributed by atoms with Crippen LogP contribution >= 0.6 is 0 Å². The van der Waals surface area contributed by atoms with E-state index in [1.54, 1.807) is 13.0 Å². The lowest BCUT2D eigenvalue weighted by Gasteiger charge is -2.44. The highest BCUT2D eigenvalue weighted by Crippen LogP contribution is 2.53. The van der Waals surface area contributed by atoms with Crippen molar-refractivity contribution >= 4 is 0 Å². The molecule has 0 radical (unpaired) electrons. The quantitative estimate of drug-likeness (QED) is 0.814. The molecule has 3 rings (SSSR count). The van der Waals surface area contributed by atoms with E-state index < -0.39 is 12.3 Å². The minimum atomic E-state index is -1.16. The average molecular weight is 280 g/mol. The lowest BCUT2D eigenvalue weighted by Crippen LogP contribution is -2.45. The summed E-state index contributed by atoms with van der Waals surface area (Å²) in [5, 5.41) is 10.3. The van der Waals surface area contributed by atoms with Gasteiger partial charge in [-0.25, -0.2) is 8.78 Å². The molecule has 2 aliphatic carbocycles. The van der Waals surface area contributed by atoms with E-state index in [0.717, 1.165) is 37.7 Å². The van der Waals surface area contributed by atoms with Crippen molar-refractivity contribution in [3.8, 4) is 0 Å². The molecule has 3 unspecified atom stereocenters. The monoisotopic (exact) mass is 280 g/mol. The average Bonchev–Trinajstić information content (AvgIpc) is 2.88. The minimum absolute atomic E-state index is 0.103. The van der Waals surface area contributed by atoms with E-state index in [0.29, 0.717) is 12.0 Å². The molecule has 2 saturated carbocycles. The molecule has 1 spiro atoms. The maximum Gasteiger partial charge on any atom is 0.127 e. The van der Waals surface area contributed by atoms with Gasteiger partial charge in [0.05, 0.1) is 6.10 Å². The van der Waals surface area contributed by atoms with Crippen LogP contribution in [0.15, 0.2) is 18.2 Å². The first-order chi connectivity index (χ1) is 9.52. The molecule has 3 heteroatoms. The Kier molecular flexibility index (Phi) is 3.57. The highest BCUT2D eigenvalue weighted by Gasteiger charge is 2.49. The summed E-state index contributed by atoms with van der Waals surface area (Å²) in [5.74, 6) is -0.109. The van der Waals surface area contributed by atoms with E-state index >= 15 is 0 Å². The zero-order valence-electron chi connectivity index (χ0n) is 11.9. The van der Waals surface area contributed by atoms with Crippen LogP contribution in [0.5, 0.6) is 0 Å². The van der Waals surface area contributed by atoms with Crippen LogP contribution in [0.3, 0.4) is 0 Å². The van der Waals surface area contributed by atoms with Gasteiger partial charge in [0.15, 0.2) is 0 Å². The Balaban J connectivity index is 1.88. The Labute approximate surface area is 119 Å². The Morgan fingerprint density at radius 2 is 1.95 bits per heavy atom. The summed E-state index contributed by atoms with van der Waals surface area (Å²) in [6, 6.07) is 5.09. The summed E-state index contributed by atoms with van der Waals surface area (Å²) in [4.78, 5) is 0. The fourth-order valence-corrected chi connectivity index (χ4v) is 4.23. The second kappa shape index (κ2) is 5.10. The summed E-state index contributed by atoms with van der Waals surface area (Å²) in [7, 11) is 0. The van der Waals surface area contributed by atoms with Gasteiger partial charge in [0.2, 0.25) is 0 Å². The van der Waals surface area contributed by atoms with Gasteiger partial charge in [-0.05, 0) is 61.1 Å². The molecule has 0 aliphatic heterocycles. The Morgan fingerprint density at radius 3 is 2.60 bits per heavy atom. The van der Waals surface area contributed by atoms with Crippen molar-refractivity contribution in [2.75, 3.05) is 0 Å². The number of alkyl halides is 1. The zero-order chi connectivity index (χ0) is 14.3. The number of benzene rings is 1. The molecule has 0 amide bonds. The third kappa shape index (κ3) is 2.26. The number of halogens is 2. The van der Waals surface area contributed by atoms with Crippen LogP contribution < -0.4 is 0 Å². The summed E-state index contributed by atoms with van der Waals surface area (Å²) in [5.41, 5.74) is 1.39. The van der Waals surface area contributed by atoms with Gasteiger partial charge in [-0.2, -0.15) is 0 Å². The number of aryl methyl sites for hydroxylation is 1. The van der Waals surface area contributed by atoms with Crippen LogP contribution in [0.25, 0.3) is 0 Å². The highest BCUT2D eigenvalue weighted by molar-refractivity contribution is 5.28. The van der Waals surface area contributed by atoms with Crippen molar-refractivity contribution in [2.45, 2.75) is 63.6 Å². The molecule has 0 saturated heterocycles. The number of hydrogen-bond acceptors (Lipinski definition) is 1. The molecule has 1 aromatic carbocycles. The molecule has 0 heterocycles. The highest BCUT2D eigenvalue weighted by atomic mass is 19.1. The first-order valence-corrected chi connectivity index (χ1v) is 7.60. The van der Waals surface area contributed by atoms with Crippen molar-refractivity contribution in [1.29, 1.82) is 0 Å². The SMILES string of the molecule is Cc1cc(C2CC(F)C(O)C3(CCCC3)C2)ccc1F. The van der Waals surface area contributed by atoms with E-state index in [1.807, 2.05) is 6.07 Å². The van der Waals surface area contributed by atoms with Gasteiger partial charge in [-0.15, -0.1) is 0 Å². The van der Waals surface area contributed by atoms with E-state index in [1.165, 1.54) is 6.07 Å². The van der Waals surface area contributed by atoms with Crippen LogP contribution in [0.1, 0.15) is 55.6 Å². The zero-order valence-corrected chi connectivity index (χ0v) is 11.9. The summed E-state index contributed by atoms with van der Waals surface area (Å²) >= 11 is 0. The van der Waals surface area contributed by atoms with Gasteiger partial charge in [-0.3, -0.25) is 0 Å². The van der Waals surface area contributed by atoms with Crippen molar-refractivity contribution in [1.82, 2.24) is 0 Å². The van der Waals surface area contributed by atoms with Crippen LogP contribution in [0, 0.1) is 18.2 Å². The molecular formula is C17H22F2O. The van der Waals surface area contributed by atoms with Gasteiger partial charge in [0, 0.05) is 0 Å². The van der Waals surface area contributed by atoms with Crippen molar-refractivity contribution in [3.05, 3.63) is 35.1 Å². The topological polar surface area (TPSA) is 20.2 Å².